The van der Waals surface area contributed by atoms with Crippen LogP contribution in [0, 0.1) is 0 Å². The van der Waals surface area contributed by atoms with Crippen molar-refractivity contribution in [2.75, 3.05) is 13.2 Å². The molecule has 0 amide bonds. The maximum Gasteiger partial charge on any atom is 0.416 e. The quantitative estimate of drug-likeness (QED) is 0.910. The van der Waals surface area contributed by atoms with Gasteiger partial charge in [0.1, 0.15) is 5.75 Å². The molecule has 1 atom stereocenters. The van der Waals surface area contributed by atoms with Crippen LogP contribution in [0.5, 0.6) is 5.75 Å². The molecule has 5 heteroatoms. The molecule has 21 heavy (non-hydrogen) atoms. The highest BCUT2D eigenvalue weighted by Gasteiger charge is 2.30. The van der Waals surface area contributed by atoms with Crippen LogP contribution in [-0.2, 0) is 6.18 Å². The largest absolute Gasteiger partial charge is 0.493 e. The van der Waals surface area contributed by atoms with Gasteiger partial charge in [-0.3, -0.25) is 0 Å². The Morgan fingerprint density at radius 2 is 1.71 bits per heavy atom. The highest BCUT2D eigenvalue weighted by atomic mass is 19.4. The van der Waals surface area contributed by atoms with E-state index < -0.39 is 11.7 Å². The first-order chi connectivity index (χ1) is 10.0. The lowest BCUT2D eigenvalue weighted by molar-refractivity contribution is -0.137. The van der Waals surface area contributed by atoms with Crippen LogP contribution in [-0.4, -0.2) is 13.2 Å². The third-order valence-electron chi connectivity index (χ3n) is 3.16. The number of ether oxygens (including phenoxy) is 1. The minimum Gasteiger partial charge on any atom is -0.493 e. The van der Waals surface area contributed by atoms with Crippen molar-refractivity contribution < 1.29 is 17.9 Å². The molecular weight excluding hydrogens is 279 g/mol. The Labute approximate surface area is 121 Å². The zero-order valence-corrected chi connectivity index (χ0v) is 11.3. The molecule has 0 aliphatic heterocycles. The fourth-order valence-electron chi connectivity index (χ4n) is 1.98. The first kappa shape index (κ1) is 15.4. The third-order valence-corrected chi connectivity index (χ3v) is 3.16. The number of benzene rings is 2. The average Bonchev–Trinajstić information content (AvgIpc) is 2.48. The van der Waals surface area contributed by atoms with E-state index in [1.54, 1.807) is 18.2 Å². The second kappa shape index (κ2) is 6.63. The number of para-hydroxylation sites is 1. The summed E-state index contributed by atoms with van der Waals surface area (Å²) in [5.41, 5.74) is 5.53. The van der Waals surface area contributed by atoms with Gasteiger partial charge in [-0.25, -0.2) is 0 Å². The number of hydrogen-bond acceptors (Lipinski definition) is 2. The molecule has 112 valence electrons. The highest BCUT2D eigenvalue weighted by molar-refractivity contribution is 5.29. The van der Waals surface area contributed by atoms with Crippen molar-refractivity contribution >= 4 is 0 Å². The van der Waals surface area contributed by atoms with Crippen LogP contribution in [0.25, 0.3) is 0 Å². The molecule has 0 aliphatic carbocycles. The lowest BCUT2D eigenvalue weighted by Gasteiger charge is -2.18. The molecule has 0 saturated heterocycles. The minimum absolute atomic E-state index is 0.216. The standard InChI is InChI=1S/C16H16F3NO/c17-16(18,19)14-6-4-5-12(9-14)13(10-20)11-21-15-7-2-1-3-8-15/h1-9,13H,10-11,20H2. The van der Waals surface area contributed by atoms with Gasteiger partial charge in [-0.05, 0) is 23.8 Å². The minimum atomic E-state index is -4.35. The van der Waals surface area contributed by atoms with E-state index in [1.165, 1.54) is 6.07 Å². The van der Waals surface area contributed by atoms with Crippen molar-refractivity contribution in [1.29, 1.82) is 0 Å². The number of nitrogens with two attached hydrogens (primary N) is 1. The number of hydrogen-bond donors (Lipinski definition) is 1. The first-order valence-electron chi connectivity index (χ1n) is 6.56. The van der Waals surface area contributed by atoms with Crippen LogP contribution < -0.4 is 10.5 Å². The summed E-state index contributed by atoms with van der Waals surface area (Å²) in [7, 11) is 0. The molecule has 2 rings (SSSR count). The van der Waals surface area contributed by atoms with Crippen LogP contribution in [0.3, 0.4) is 0 Å². The fourth-order valence-corrected chi connectivity index (χ4v) is 1.98. The molecule has 2 aromatic rings. The van der Waals surface area contributed by atoms with Crippen molar-refractivity contribution in [3.63, 3.8) is 0 Å². The van der Waals surface area contributed by atoms with Crippen LogP contribution in [0.4, 0.5) is 13.2 Å². The lowest BCUT2D eigenvalue weighted by Crippen LogP contribution is -2.20. The fraction of sp³-hybridized carbons (Fsp3) is 0.250. The van der Waals surface area contributed by atoms with Gasteiger partial charge in [-0.15, -0.1) is 0 Å². The van der Waals surface area contributed by atoms with E-state index in [-0.39, 0.29) is 19.1 Å². The van der Waals surface area contributed by atoms with Crippen molar-refractivity contribution in [2.45, 2.75) is 12.1 Å². The van der Waals surface area contributed by atoms with E-state index in [1.807, 2.05) is 18.2 Å². The Hall–Kier alpha value is -2.01. The van der Waals surface area contributed by atoms with Crippen LogP contribution in [0.15, 0.2) is 54.6 Å². The van der Waals surface area contributed by atoms with Gasteiger partial charge in [0.2, 0.25) is 0 Å². The van der Waals surface area contributed by atoms with Gasteiger partial charge in [0.05, 0.1) is 12.2 Å². The Bertz CT molecular complexity index is 569. The van der Waals surface area contributed by atoms with Crippen molar-refractivity contribution in [1.82, 2.24) is 0 Å². The summed E-state index contributed by atoms with van der Waals surface area (Å²) in [5.74, 6) is 0.385. The van der Waals surface area contributed by atoms with Gasteiger partial charge in [0, 0.05) is 12.5 Å². The van der Waals surface area contributed by atoms with Gasteiger partial charge < -0.3 is 10.5 Å². The van der Waals surface area contributed by atoms with E-state index in [0.29, 0.717) is 11.3 Å². The average molecular weight is 295 g/mol. The van der Waals surface area contributed by atoms with E-state index in [2.05, 4.69) is 0 Å². The second-order valence-electron chi connectivity index (χ2n) is 4.68. The van der Waals surface area contributed by atoms with Crippen LogP contribution >= 0.6 is 0 Å². The molecule has 0 spiro atoms. The number of rotatable bonds is 5. The third kappa shape index (κ3) is 4.23. The summed E-state index contributed by atoms with van der Waals surface area (Å²) in [6, 6.07) is 14.3. The van der Waals surface area contributed by atoms with Crippen molar-refractivity contribution in [2.24, 2.45) is 5.73 Å². The smallest absolute Gasteiger partial charge is 0.416 e. The summed E-state index contributed by atoms with van der Waals surface area (Å²) in [5, 5.41) is 0. The van der Waals surface area contributed by atoms with Crippen LogP contribution in [0.2, 0.25) is 0 Å². The van der Waals surface area contributed by atoms with Gasteiger partial charge in [-0.2, -0.15) is 13.2 Å². The second-order valence-corrected chi connectivity index (χ2v) is 4.68. The van der Waals surface area contributed by atoms with Crippen molar-refractivity contribution in [3.05, 3.63) is 65.7 Å². The van der Waals surface area contributed by atoms with Gasteiger partial charge >= 0.3 is 6.18 Å². The highest BCUT2D eigenvalue weighted by Crippen LogP contribution is 2.31. The Balaban J connectivity index is 2.10. The topological polar surface area (TPSA) is 35.2 Å². The molecule has 0 aromatic heterocycles. The molecule has 0 fully saturated rings. The molecule has 2 nitrogen and oxygen atoms in total. The summed E-state index contributed by atoms with van der Waals surface area (Å²) < 4.78 is 43.7. The van der Waals surface area contributed by atoms with Gasteiger partial charge in [0.15, 0.2) is 0 Å². The molecule has 0 bridgehead atoms. The molecule has 2 N–H and O–H groups in total. The SMILES string of the molecule is NCC(COc1ccccc1)c1cccc(C(F)(F)F)c1. The van der Waals surface area contributed by atoms with Crippen molar-refractivity contribution in [3.8, 4) is 5.75 Å². The Kier molecular flexibility index (Phi) is 4.85. The predicted octanol–water partition coefficient (Wildman–Crippen LogP) is 3.83. The maximum absolute atomic E-state index is 12.7. The lowest BCUT2D eigenvalue weighted by atomic mass is 9.98. The number of alkyl halides is 3. The Morgan fingerprint density at radius 3 is 2.33 bits per heavy atom. The van der Waals surface area contributed by atoms with E-state index in [4.69, 9.17) is 10.5 Å². The number of halogens is 3. The molecule has 2 aromatic carbocycles. The van der Waals surface area contributed by atoms with Crippen LogP contribution in [0.1, 0.15) is 17.0 Å². The zero-order chi connectivity index (χ0) is 15.3. The van der Waals surface area contributed by atoms with E-state index in [0.717, 1.165) is 12.1 Å². The summed E-state index contributed by atoms with van der Waals surface area (Å²) in [4.78, 5) is 0. The van der Waals surface area contributed by atoms with Gasteiger partial charge in [-0.1, -0.05) is 36.4 Å². The molecular formula is C16H16F3NO. The van der Waals surface area contributed by atoms with Gasteiger partial charge in [0.25, 0.3) is 0 Å². The summed E-state index contributed by atoms with van der Waals surface area (Å²) in [6.45, 7) is 0.454. The van der Waals surface area contributed by atoms with E-state index >= 15 is 0 Å². The summed E-state index contributed by atoms with van der Waals surface area (Å²) >= 11 is 0. The molecule has 0 radical (unpaired) electrons. The molecule has 0 heterocycles. The molecule has 0 aliphatic rings. The maximum atomic E-state index is 12.7. The van der Waals surface area contributed by atoms with E-state index in [9.17, 15) is 13.2 Å². The monoisotopic (exact) mass is 295 g/mol. The predicted molar refractivity (Wildman–Crippen MR) is 75.2 cm³/mol. The normalized spacial score (nSPS) is 13.0. The molecule has 1 unspecified atom stereocenters. The zero-order valence-electron chi connectivity index (χ0n) is 11.3. The summed E-state index contributed by atoms with van der Waals surface area (Å²) in [6.07, 6.45) is -4.35. The molecule has 0 saturated carbocycles. The first-order valence-corrected chi connectivity index (χ1v) is 6.56. The Morgan fingerprint density at radius 1 is 1.00 bits per heavy atom.